The van der Waals surface area contributed by atoms with Crippen LogP contribution in [0.15, 0.2) is 51.4 Å². The van der Waals surface area contributed by atoms with Crippen molar-refractivity contribution in [1.82, 2.24) is 19.8 Å². The van der Waals surface area contributed by atoms with E-state index in [0.29, 0.717) is 18.0 Å². The number of nitrogens with zero attached hydrogens (tertiary/aromatic N) is 6. The minimum absolute atomic E-state index is 0.239. The van der Waals surface area contributed by atoms with Crippen molar-refractivity contribution in [3.63, 3.8) is 0 Å². The molecular weight excluding hydrogens is 408 g/mol. The molecule has 0 saturated carbocycles. The second-order valence-corrected chi connectivity index (χ2v) is 7.55. The minimum atomic E-state index is -0.318. The molecule has 0 aliphatic heterocycles. The molecule has 1 heterocycles. The predicted molar refractivity (Wildman–Crippen MR) is 122 cm³/mol. The molecule has 1 aliphatic rings. The summed E-state index contributed by atoms with van der Waals surface area (Å²) >= 11 is 0. The molecule has 3 aromatic rings. The molecule has 2 aromatic carbocycles. The first-order valence-electron chi connectivity index (χ1n) is 10.5. The van der Waals surface area contributed by atoms with Gasteiger partial charge in [-0.25, -0.2) is 4.79 Å². The first kappa shape index (κ1) is 21.5. The zero-order chi connectivity index (χ0) is 22.7. The van der Waals surface area contributed by atoms with Crippen LogP contribution in [0.2, 0.25) is 0 Å². The summed E-state index contributed by atoms with van der Waals surface area (Å²) in [6.07, 6.45) is 2.32. The van der Waals surface area contributed by atoms with Crippen LogP contribution in [-0.4, -0.2) is 38.5 Å². The van der Waals surface area contributed by atoms with Gasteiger partial charge >= 0.3 is 5.69 Å². The number of fused-ring (bicyclic) bond motifs is 1. The van der Waals surface area contributed by atoms with Gasteiger partial charge in [-0.3, -0.25) is 0 Å². The van der Waals surface area contributed by atoms with E-state index in [1.807, 2.05) is 44.2 Å². The molecule has 0 saturated heterocycles. The topological polar surface area (TPSA) is 95.9 Å². The lowest BCUT2D eigenvalue weighted by molar-refractivity contribution is 0.282. The molecule has 9 nitrogen and oxygen atoms in total. The molecule has 9 heteroatoms. The first-order chi connectivity index (χ1) is 15.5. The predicted octanol–water partition coefficient (Wildman–Crippen LogP) is 2.96. The van der Waals surface area contributed by atoms with E-state index in [4.69, 9.17) is 9.47 Å². The fourth-order valence-electron chi connectivity index (χ4n) is 3.77. The molecule has 1 aromatic heterocycles. The number of ether oxygens (including phenoxy) is 2. The number of hydrogen-bond donors (Lipinski definition) is 0. The van der Waals surface area contributed by atoms with Crippen molar-refractivity contribution in [2.45, 2.75) is 39.7 Å². The van der Waals surface area contributed by atoms with E-state index in [1.54, 1.807) is 14.2 Å². The van der Waals surface area contributed by atoms with Crippen LogP contribution < -0.4 is 10.4 Å². The Morgan fingerprint density at radius 2 is 1.97 bits per heavy atom. The summed E-state index contributed by atoms with van der Waals surface area (Å²) in [4.78, 5) is 12.3. The third-order valence-corrected chi connectivity index (χ3v) is 5.56. The number of benzene rings is 2. The number of methoxy groups -OCH3 is 1. The van der Waals surface area contributed by atoms with Gasteiger partial charge in [0.2, 0.25) is 5.90 Å². The maximum Gasteiger partial charge on any atom is 0.368 e. The minimum Gasteiger partial charge on any atom is -0.496 e. The Balaban J connectivity index is 1.59. The zero-order valence-electron chi connectivity index (χ0n) is 18.7. The molecule has 32 heavy (non-hydrogen) atoms. The van der Waals surface area contributed by atoms with Crippen LogP contribution in [0.5, 0.6) is 5.75 Å². The Bertz CT molecular complexity index is 1250. The van der Waals surface area contributed by atoms with E-state index in [9.17, 15) is 4.79 Å². The quantitative estimate of drug-likeness (QED) is 0.338. The summed E-state index contributed by atoms with van der Waals surface area (Å²) in [6.45, 7) is 4.17. The summed E-state index contributed by atoms with van der Waals surface area (Å²) in [6, 6.07) is 11.7. The van der Waals surface area contributed by atoms with Gasteiger partial charge in [-0.2, -0.15) is 14.5 Å². The lowest BCUT2D eigenvalue weighted by atomic mass is 10.1. The van der Waals surface area contributed by atoms with E-state index < -0.39 is 0 Å². The third-order valence-electron chi connectivity index (χ3n) is 5.56. The van der Waals surface area contributed by atoms with Crippen molar-refractivity contribution >= 4 is 11.6 Å². The van der Waals surface area contributed by atoms with Crippen molar-refractivity contribution in [1.29, 1.82) is 0 Å². The number of aryl methyl sites for hydroxylation is 3. The molecule has 0 spiro atoms. The highest BCUT2D eigenvalue weighted by Gasteiger charge is 2.22. The Labute approximate surface area is 186 Å². The molecule has 0 fully saturated rings. The number of aromatic nitrogens is 4. The van der Waals surface area contributed by atoms with Crippen molar-refractivity contribution in [3.8, 4) is 11.4 Å². The second-order valence-electron chi connectivity index (χ2n) is 7.55. The highest BCUT2D eigenvalue weighted by atomic mass is 16.5. The van der Waals surface area contributed by atoms with Gasteiger partial charge in [0.1, 0.15) is 12.4 Å². The monoisotopic (exact) mass is 434 g/mol. The standard InChI is InChI=1S/C23H26N6O3/c1-5-21(25-24-18-13-12-16-9-7-11-20(31-4)22(16)18)32-14-17-15(2)8-6-10-19(17)29-23(30)28(3)26-27-29/h6-11H,5,12-14H2,1-4H3. The molecule has 0 N–H and O–H groups in total. The first-order valence-corrected chi connectivity index (χ1v) is 10.5. The largest absolute Gasteiger partial charge is 0.496 e. The molecule has 4 rings (SSSR count). The molecule has 1 aliphatic carbocycles. The molecule has 166 valence electrons. The number of tetrazole rings is 1. The lowest BCUT2D eigenvalue weighted by Crippen LogP contribution is -2.23. The van der Waals surface area contributed by atoms with Crippen LogP contribution in [0.1, 0.15) is 42.0 Å². The summed E-state index contributed by atoms with van der Waals surface area (Å²) in [5.74, 6) is 1.33. The van der Waals surface area contributed by atoms with Crippen molar-refractivity contribution in [2.75, 3.05) is 7.11 Å². The molecule has 0 bridgehead atoms. The average Bonchev–Trinajstić information content (AvgIpc) is 3.37. The highest BCUT2D eigenvalue weighted by molar-refractivity contribution is 6.06. The van der Waals surface area contributed by atoms with Crippen LogP contribution in [0.3, 0.4) is 0 Å². The normalized spacial score (nSPS) is 14.6. The Kier molecular flexibility index (Phi) is 6.16. The highest BCUT2D eigenvalue weighted by Crippen LogP contribution is 2.31. The van der Waals surface area contributed by atoms with Gasteiger partial charge in [0.15, 0.2) is 0 Å². The van der Waals surface area contributed by atoms with Gasteiger partial charge in [0.25, 0.3) is 0 Å². The van der Waals surface area contributed by atoms with E-state index in [2.05, 4.69) is 26.7 Å². The molecule has 0 amide bonds. The van der Waals surface area contributed by atoms with Gasteiger partial charge in [0.05, 0.1) is 18.5 Å². The van der Waals surface area contributed by atoms with Gasteiger partial charge < -0.3 is 9.47 Å². The summed E-state index contributed by atoms with van der Waals surface area (Å²) < 4.78 is 14.0. The van der Waals surface area contributed by atoms with Crippen LogP contribution in [0.4, 0.5) is 0 Å². The van der Waals surface area contributed by atoms with Crippen molar-refractivity contribution in [3.05, 3.63) is 69.1 Å². The van der Waals surface area contributed by atoms with Gasteiger partial charge in [-0.15, -0.1) is 5.10 Å². The van der Waals surface area contributed by atoms with E-state index in [0.717, 1.165) is 41.0 Å². The van der Waals surface area contributed by atoms with Gasteiger partial charge in [0, 0.05) is 24.6 Å². The van der Waals surface area contributed by atoms with Crippen LogP contribution in [-0.2, 0) is 24.8 Å². The maximum atomic E-state index is 12.3. The molecule has 0 unspecified atom stereocenters. The average molecular weight is 435 g/mol. The fraction of sp³-hybridized carbons (Fsp3) is 0.348. The number of hydrogen-bond acceptors (Lipinski definition) is 7. The summed E-state index contributed by atoms with van der Waals surface area (Å²) in [5.41, 5.74) is 5.29. The zero-order valence-corrected chi connectivity index (χ0v) is 18.7. The van der Waals surface area contributed by atoms with E-state index in [-0.39, 0.29) is 12.3 Å². The lowest BCUT2D eigenvalue weighted by Gasteiger charge is -2.13. The number of rotatable bonds is 6. The van der Waals surface area contributed by atoms with Crippen LogP contribution in [0, 0.1) is 6.92 Å². The maximum absolute atomic E-state index is 12.3. The van der Waals surface area contributed by atoms with Crippen molar-refractivity contribution < 1.29 is 9.47 Å². The molecule has 0 radical (unpaired) electrons. The van der Waals surface area contributed by atoms with Crippen LogP contribution in [0.25, 0.3) is 5.69 Å². The van der Waals surface area contributed by atoms with Crippen molar-refractivity contribution in [2.24, 2.45) is 17.3 Å². The third kappa shape index (κ3) is 4.05. The second kappa shape index (κ2) is 9.17. The van der Waals surface area contributed by atoms with Crippen LogP contribution >= 0.6 is 0 Å². The molecular formula is C23H26N6O3. The Morgan fingerprint density at radius 3 is 2.69 bits per heavy atom. The Morgan fingerprint density at radius 1 is 1.16 bits per heavy atom. The smallest absolute Gasteiger partial charge is 0.368 e. The van der Waals surface area contributed by atoms with E-state index in [1.165, 1.54) is 14.9 Å². The summed E-state index contributed by atoms with van der Waals surface area (Å²) in [5, 5.41) is 16.7. The fourth-order valence-corrected chi connectivity index (χ4v) is 3.77. The SMILES string of the molecule is CCC(=NN=C1CCc2cccc(OC)c21)OCc1c(C)cccc1-n1nnn(C)c1=O. The van der Waals surface area contributed by atoms with E-state index >= 15 is 0 Å². The molecule has 0 atom stereocenters. The van der Waals surface area contributed by atoms with Gasteiger partial charge in [-0.05, 0) is 53.5 Å². The summed E-state index contributed by atoms with van der Waals surface area (Å²) in [7, 11) is 3.23. The Hall–Kier alpha value is -3.75. The van der Waals surface area contributed by atoms with Gasteiger partial charge in [-0.1, -0.05) is 31.2 Å².